The maximum Gasteiger partial charge on any atom is 0.139 e. The van der Waals surface area contributed by atoms with E-state index in [9.17, 15) is 4.79 Å². The SMILES string of the molecule is C[C@]12CC[C@@H](OCc3ccccc3)C[C@@H]1CC[C@@H]1[C@@H]2CC[C@]2(C)C(=O)CC[C@@H]12. The predicted molar refractivity (Wildman–Crippen MR) is 112 cm³/mol. The maximum atomic E-state index is 12.6. The lowest BCUT2D eigenvalue weighted by Gasteiger charge is -2.60. The lowest BCUT2D eigenvalue weighted by atomic mass is 9.45. The van der Waals surface area contributed by atoms with Crippen molar-refractivity contribution in [2.75, 3.05) is 0 Å². The van der Waals surface area contributed by atoms with Crippen molar-refractivity contribution in [2.45, 2.75) is 84.3 Å². The summed E-state index contributed by atoms with van der Waals surface area (Å²) in [5.41, 5.74) is 1.78. The molecule has 7 atom stereocenters. The van der Waals surface area contributed by atoms with E-state index >= 15 is 0 Å². The zero-order chi connectivity index (χ0) is 19.4. The van der Waals surface area contributed by atoms with E-state index in [0.29, 0.717) is 23.2 Å². The molecule has 5 rings (SSSR count). The molecular weight excluding hydrogens is 344 g/mol. The first kappa shape index (κ1) is 18.9. The van der Waals surface area contributed by atoms with Crippen LogP contribution < -0.4 is 0 Å². The third-order valence-corrected chi connectivity index (χ3v) is 9.66. The van der Waals surface area contributed by atoms with E-state index in [-0.39, 0.29) is 5.41 Å². The Morgan fingerprint density at radius 2 is 1.79 bits per heavy atom. The van der Waals surface area contributed by atoms with Gasteiger partial charge in [-0.25, -0.2) is 0 Å². The van der Waals surface area contributed by atoms with Gasteiger partial charge in [-0.1, -0.05) is 44.2 Å². The van der Waals surface area contributed by atoms with Crippen molar-refractivity contribution in [1.82, 2.24) is 0 Å². The summed E-state index contributed by atoms with van der Waals surface area (Å²) in [6.45, 7) is 5.65. The molecule has 2 heteroatoms. The number of ether oxygens (including phenoxy) is 1. The van der Waals surface area contributed by atoms with Crippen molar-refractivity contribution in [1.29, 1.82) is 0 Å². The molecule has 2 nitrogen and oxygen atoms in total. The van der Waals surface area contributed by atoms with Crippen LogP contribution in [0.3, 0.4) is 0 Å². The van der Waals surface area contributed by atoms with Gasteiger partial charge in [0.05, 0.1) is 12.7 Å². The van der Waals surface area contributed by atoms with Crippen LogP contribution in [0.25, 0.3) is 0 Å². The Bertz CT molecular complexity index is 727. The van der Waals surface area contributed by atoms with Gasteiger partial charge in [0.15, 0.2) is 0 Å². The fourth-order valence-corrected chi connectivity index (χ4v) is 7.93. The Kier molecular flexibility index (Phi) is 4.69. The molecule has 0 spiro atoms. The van der Waals surface area contributed by atoms with Gasteiger partial charge < -0.3 is 4.74 Å². The molecule has 1 aromatic carbocycles. The normalized spacial score (nSPS) is 45.2. The Hall–Kier alpha value is -1.15. The van der Waals surface area contributed by atoms with Crippen molar-refractivity contribution in [3.63, 3.8) is 0 Å². The molecule has 152 valence electrons. The van der Waals surface area contributed by atoms with Crippen LogP contribution in [0.1, 0.15) is 77.2 Å². The van der Waals surface area contributed by atoms with E-state index in [0.717, 1.165) is 37.2 Å². The van der Waals surface area contributed by atoms with Gasteiger partial charge in [0.2, 0.25) is 0 Å². The number of ketones is 1. The van der Waals surface area contributed by atoms with Crippen molar-refractivity contribution in [3.8, 4) is 0 Å². The van der Waals surface area contributed by atoms with Gasteiger partial charge in [-0.15, -0.1) is 0 Å². The van der Waals surface area contributed by atoms with Crippen LogP contribution in [0.2, 0.25) is 0 Å². The van der Waals surface area contributed by atoms with Crippen LogP contribution in [0, 0.1) is 34.5 Å². The van der Waals surface area contributed by atoms with E-state index < -0.39 is 0 Å². The van der Waals surface area contributed by atoms with E-state index in [1.54, 1.807) is 0 Å². The molecule has 28 heavy (non-hydrogen) atoms. The summed E-state index contributed by atoms with van der Waals surface area (Å²) in [5.74, 6) is 3.69. The lowest BCUT2D eigenvalue weighted by molar-refractivity contribution is -0.145. The summed E-state index contributed by atoms with van der Waals surface area (Å²) in [6.07, 6.45) is 11.3. The second-order valence-corrected chi connectivity index (χ2v) is 10.8. The largest absolute Gasteiger partial charge is 0.374 e. The molecule has 4 aliphatic rings. The number of fused-ring (bicyclic) bond motifs is 5. The number of hydrogen-bond acceptors (Lipinski definition) is 2. The summed E-state index contributed by atoms with van der Waals surface area (Å²) >= 11 is 0. The highest BCUT2D eigenvalue weighted by atomic mass is 16.5. The molecule has 0 aromatic heterocycles. The third-order valence-electron chi connectivity index (χ3n) is 9.66. The maximum absolute atomic E-state index is 12.6. The second-order valence-electron chi connectivity index (χ2n) is 10.8. The first-order valence-electron chi connectivity index (χ1n) is 11.7. The minimum Gasteiger partial charge on any atom is -0.374 e. The molecule has 0 aliphatic heterocycles. The summed E-state index contributed by atoms with van der Waals surface area (Å²) in [6, 6.07) is 10.6. The standard InChI is InChI=1S/C26H36O2/c1-25-14-12-20(28-17-18-6-4-3-5-7-18)16-19(25)8-9-21-22-10-11-24(27)26(22,2)15-13-23(21)25/h3-7,19-23H,8-17H2,1-2H3/t19-,20+,21-,22-,23-,25-,26-/m0/s1. The van der Waals surface area contributed by atoms with Gasteiger partial charge >= 0.3 is 0 Å². The third kappa shape index (κ3) is 2.90. The molecular formula is C26H36O2. The smallest absolute Gasteiger partial charge is 0.139 e. The minimum atomic E-state index is 0.0142. The van der Waals surface area contributed by atoms with Crippen LogP contribution >= 0.6 is 0 Å². The Balaban J connectivity index is 1.27. The van der Waals surface area contributed by atoms with Gasteiger partial charge in [0.25, 0.3) is 0 Å². The highest BCUT2D eigenvalue weighted by Gasteiger charge is 2.60. The fraction of sp³-hybridized carbons (Fsp3) is 0.731. The first-order valence-corrected chi connectivity index (χ1v) is 11.7. The molecule has 0 heterocycles. The number of hydrogen-bond donors (Lipinski definition) is 0. The lowest BCUT2D eigenvalue weighted by Crippen LogP contribution is -2.54. The zero-order valence-electron chi connectivity index (χ0n) is 17.7. The zero-order valence-corrected chi connectivity index (χ0v) is 17.7. The summed E-state index contributed by atoms with van der Waals surface area (Å²) in [5, 5.41) is 0. The highest BCUT2D eigenvalue weighted by molar-refractivity contribution is 5.87. The van der Waals surface area contributed by atoms with Crippen molar-refractivity contribution in [3.05, 3.63) is 35.9 Å². The molecule has 0 N–H and O–H groups in total. The van der Waals surface area contributed by atoms with E-state index in [2.05, 4.69) is 44.2 Å². The minimum absolute atomic E-state index is 0.0142. The molecule has 4 saturated carbocycles. The van der Waals surface area contributed by atoms with Crippen LogP contribution in [-0.2, 0) is 16.1 Å². The molecule has 0 unspecified atom stereocenters. The first-order chi connectivity index (χ1) is 13.5. The Labute approximate surface area is 170 Å². The summed E-state index contributed by atoms with van der Waals surface area (Å²) < 4.78 is 6.35. The quantitative estimate of drug-likeness (QED) is 0.625. The van der Waals surface area contributed by atoms with Gasteiger partial charge in [0, 0.05) is 11.8 Å². The Morgan fingerprint density at radius 1 is 0.964 bits per heavy atom. The topological polar surface area (TPSA) is 26.3 Å². The average Bonchev–Trinajstić information content (AvgIpc) is 3.02. The van der Waals surface area contributed by atoms with Crippen LogP contribution in [0.4, 0.5) is 0 Å². The van der Waals surface area contributed by atoms with Crippen molar-refractivity contribution >= 4 is 5.78 Å². The fourth-order valence-electron chi connectivity index (χ4n) is 7.93. The predicted octanol–water partition coefficient (Wildman–Crippen LogP) is 6.18. The average molecular weight is 381 g/mol. The number of carbonyl (C=O) groups excluding carboxylic acids is 1. The van der Waals surface area contributed by atoms with Gasteiger partial charge in [-0.3, -0.25) is 4.79 Å². The van der Waals surface area contributed by atoms with Gasteiger partial charge in [0.1, 0.15) is 5.78 Å². The van der Waals surface area contributed by atoms with Crippen molar-refractivity contribution in [2.24, 2.45) is 34.5 Å². The van der Waals surface area contributed by atoms with E-state index in [1.807, 2.05) is 0 Å². The number of carbonyl (C=O) groups is 1. The molecule has 1 aromatic rings. The van der Waals surface area contributed by atoms with E-state index in [4.69, 9.17) is 4.74 Å². The second kappa shape index (κ2) is 6.97. The Morgan fingerprint density at radius 3 is 2.61 bits per heavy atom. The monoisotopic (exact) mass is 380 g/mol. The number of Topliss-reactive ketones (excluding diaryl/α,β-unsaturated/α-hetero) is 1. The summed E-state index contributed by atoms with van der Waals surface area (Å²) in [4.78, 5) is 12.6. The highest BCUT2D eigenvalue weighted by Crippen LogP contribution is 2.65. The van der Waals surface area contributed by atoms with Crippen molar-refractivity contribution < 1.29 is 9.53 Å². The number of rotatable bonds is 3. The molecule has 0 radical (unpaired) electrons. The van der Waals surface area contributed by atoms with E-state index in [1.165, 1.54) is 50.5 Å². The molecule has 0 amide bonds. The van der Waals surface area contributed by atoms with Gasteiger partial charge in [-0.2, -0.15) is 0 Å². The summed E-state index contributed by atoms with van der Waals surface area (Å²) in [7, 11) is 0. The number of benzene rings is 1. The van der Waals surface area contributed by atoms with Crippen LogP contribution in [0.5, 0.6) is 0 Å². The molecule has 0 saturated heterocycles. The van der Waals surface area contributed by atoms with Gasteiger partial charge in [-0.05, 0) is 86.0 Å². The molecule has 4 aliphatic carbocycles. The molecule has 4 fully saturated rings. The molecule has 0 bridgehead atoms. The van der Waals surface area contributed by atoms with Crippen LogP contribution in [0.15, 0.2) is 30.3 Å². The van der Waals surface area contributed by atoms with Crippen LogP contribution in [-0.4, -0.2) is 11.9 Å².